The van der Waals surface area contributed by atoms with Crippen LogP contribution >= 0.6 is 0 Å². The van der Waals surface area contributed by atoms with Crippen LogP contribution in [0.5, 0.6) is 5.75 Å². The molecule has 1 N–H and O–H groups in total. The molecule has 0 atom stereocenters. The molecule has 0 radical (unpaired) electrons. The molecule has 0 saturated heterocycles. The summed E-state index contributed by atoms with van der Waals surface area (Å²) < 4.78 is 5.11. The summed E-state index contributed by atoms with van der Waals surface area (Å²) in [5.74, 6) is 0.245. The molecule has 0 aliphatic rings. The Morgan fingerprint density at radius 1 is 1.52 bits per heavy atom. The molecule has 1 aromatic rings. The van der Waals surface area contributed by atoms with Crippen molar-refractivity contribution in [3.05, 3.63) is 52.1 Å². The predicted octanol–water partition coefficient (Wildman–Crippen LogP) is 2.04. The van der Waals surface area contributed by atoms with E-state index < -0.39 is 4.92 Å². The molecule has 0 aromatic heterocycles. The lowest BCUT2D eigenvalue weighted by Gasteiger charge is -2.09. The number of hydrogen-bond acceptors (Lipinski definition) is 3. The van der Waals surface area contributed by atoms with E-state index in [-0.39, 0.29) is 11.4 Å². The fraction of sp³-hybridized carbons (Fsp3) is 0.312. The van der Waals surface area contributed by atoms with Gasteiger partial charge in [0.05, 0.1) is 12.0 Å². The monoisotopic (exact) mass is 289 g/mol. The van der Waals surface area contributed by atoms with Crippen molar-refractivity contribution >= 4 is 17.5 Å². The molecule has 0 aliphatic heterocycles. The molecule has 0 fully saturated rings. The summed E-state index contributed by atoms with van der Waals surface area (Å²) >= 11 is 0. The summed E-state index contributed by atoms with van der Waals surface area (Å²) in [6.07, 6.45) is 6.51. The predicted molar refractivity (Wildman–Crippen MR) is 84.7 cm³/mol. The minimum Gasteiger partial charge on any atom is -0.490 e. The fourth-order valence-electron chi connectivity index (χ4n) is 1.93. The summed E-state index contributed by atoms with van der Waals surface area (Å²) in [6.45, 7) is 8.61. The van der Waals surface area contributed by atoms with Gasteiger partial charge in [-0.25, -0.2) is 4.99 Å². The van der Waals surface area contributed by atoms with Gasteiger partial charge in [-0.15, -0.1) is 0 Å². The molecule has 0 unspecified atom stereocenters. The largest absolute Gasteiger partial charge is 0.490 e. The molecule has 5 heteroatoms. The van der Waals surface area contributed by atoms with Gasteiger partial charge in [-0.05, 0) is 29.7 Å². The van der Waals surface area contributed by atoms with E-state index in [1.807, 2.05) is 19.2 Å². The molecule has 0 spiro atoms. The van der Waals surface area contributed by atoms with E-state index in [2.05, 4.69) is 18.5 Å². The van der Waals surface area contributed by atoms with Gasteiger partial charge in [0.15, 0.2) is 12.0 Å². The standard InChI is InChI=1S/C16H20N2O3/c1-5-8-17-9-7-13(6-2)14-11-16(21-4)15(18(19)20)10-12(14)3/h6-7,9-11H,2,5,8H2,1,3-4H3/p+1/b13-7+,17-9?. The maximum atomic E-state index is 11.0. The van der Waals surface area contributed by atoms with E-state index in [1.54, 1.807) is 12.1 Å². The van der Waals surface area contributed by atoms with Gasteiger partial charge in [-0.3, -0.25) is 10.1 Å². The average molecular weight is 289 g/mol. The zero-order chi connectivity index (χ0) is 15.8. The van der Waals surface area contributed by atoms with Crippen molar-refractivity contribution < 1.29 is 14.7 Å². The molecule has 1 rings (SSSR count). The highest BCUT2D eigenvalue weighted by Gasteiger charge is 2.18. The number of nitrogens with zero attached hydrogens (tertiary/aromatic N) is 1. The minimum absolute atomic E-state index is 0.0322. The number of nitrogens with one attached hydrogen (secondary N) is 1. The molecule has 0 amide bonds. The van der Waals surface area contributed by atoms with E-state index >= 15 is 0 Å². The van der Waals surface area contributed by atoms with Crippen LogP contribution in [0.2, 0.25) is 0 Å². The second-order valence-corrected chi connectivity index (χ2v) is 4.54. The molecular weight excluding hydrogens is 268 g/mol. The third kappa shape index (κ3) is 4.27. The summed E-state index contributed by atoms with van der Waals surface area (Å²) in [4.78, 5) is 13.7. The van der Waals surface area contributed by atoms with Crippen molar-refractivity contribution in [3.63, 3.8) is 0 Å². The molecule has 0 heterocycles. The molecule has 0 bridgehead atoms. The number of allylic oxidation sites excluding steroid dienone is 3. The summed E-state index contributed by atoms with van der Waals surface area (Å²) in [5.41, 5.74) is 2.51. The number of nitro groups is 1. The number of benzene rings is 1. The van der Waals surface area contributed by atoms with Crippen LogP contribution in [0.25, 0.3) is 5.57 Å². The number of aryl methyl sites for hydroxylation is 1. The molecule has 112 valence electrons. The lowest BCUT2D eigenvalue weighted by molar-refractivity contribution is -0.450. The number of methoxy groups -OCH3 is 1. The van der Waals surface area contributed by atoms with Gasteiger partial charge < -0.3 is 4.74 Å². The first kappa shape index (κ1) is 16.6. The first-order valence-corrected chi connectivity index (χ1v) is 6.77. The average Bonchev–Trinajstić information content (AvgIpc) is 2.47. The highest BCUT2D eigenvalue weighted by atomic mass is 16.6. The Hall–Kier alpha value is -2.43. The maximum absolute atomic E-state index is 11.0. The Morgan fingerprint density at radius 3 is 2.76 bits per heavy atom. The van der Waals surface area contributed by atoms with Crippen molar-refractivity contribution in [2.75, 3.05) is 13.7 Å². The van der Waals surface area contributed by atoms with Crippen molar-refractivity contribution in [2.45, 2.75) is 20.3 Å². The third-order valence-corrected chi connectivity index (χ3v) is 3.03. The van der Waals surface area contributed by atoms with Gasteiger partial charge >= 0.3 is 5.69 Å². The fourth-order valence-corrected chi connectivity index (χ4v) is 1.93. The van der Waals surface area contributed by atoms with Crippen LogP contribution in [-0.4, -0.2) is 24.8 Å². The van der Waals surface area contributed by atoms with Crippen molar-refractivity contribution in [1.29, 1.82) is 0 Å². The van der Waals surface area contributed by atoms with Crippen LogP contribution < -0.4 is 9.73 Å². The quantitative estimate of drug-likeness (QED) is 0.361. The normalized spacial score (nSPS) is 11.7. The minimum atomic E-state index is -0.443. The van der Waals surface area contributed by atoms with Crippen LogP contribution in [0.4, 0.5) is 5.69 Å². The molecule has 1 aromatic carbocycles. The van der Waals surface area contributed by atoms with Crippen LogP contribution in [0.3, 0.4) is 0 Å². The number of ether oxygens (including phenoxy) is 1. The molecule has 0 saturated carbocycles. The Labute approximate surface area is 124 Å². The number of rotatable bonds is 7. The molecule has 5 nitrogen and oxygen atoms in total. The summed E-state index contributed by atoms with van der Waals surface area (Å²) in [5, 5.41) is 11.0. The lowest BCUT2D eigenvalue weighted by atomic mass is 9.99. The second-order valence-electron chi connectivity index (χ2n) is 4.54. The lowest BCUT2D eigenvalue weighted by Crippen LogP contribution is -2.68. The van der Waals surface area contributed by atoms with Crippen LogP contribution in [0.1, 0.15) is 24.5 Å². The number of hydrogen-bond donors (Lipinski definition) is 1. The second kappa shape index (κ2) is 7.99. The smallest absolute Gasteiger partial charge is 0.311 e. The summed E-state index contributed by atoms with van der Waals surface area (Å²) in [7, 11) is 1.42. The van der Waals surface area contributed by atoms with Crippen molar-refractivity contribution in [2.24, 2.45) is 0 Å². The first-order valence-electron chi connectivity index (χ1n) is 6.77. The van der Waals surface area contributed by atoms with Gasteiger partial charge in [0.25, 0.3) is 0 Å². The Morgan fingerprint density at radius 2 is 2.24 bits per heavy atom. The zero-order valence-electron chi connectivity index (χ0n) is 12.7. The van der Waals surface area contributed by atoms with Crippen LogP contribution in [0.15, 0.2) is 30.9 Å². The van der Waals surface area contributed by atoms with E-state index in [4.69, 9.17) is 4.74 Å². The van der Waals surface area contributed by atoms with E-state index in [1.165, 1.54) is 13.2 Å². The van der Waals surface area contributed by atoms with Gasteiger partial charge in [0.2, 0.25) is 0 Å². The van der Waals surface area contributed by atoms with E-state index in [0.29, 0.717) is 0 Å². The van der Waals surface area contributed by atoms with E-state index in [0.717, 1.165) is 29.7 Å². The van der Waals surface area contributed by atoms with E-state index in [9.17, 15) is 10.1 Å². The molecule has 21 heavy (non-hydrogen) atoms. The molecule has 0 aliphatic carbocycles. The molecular formula is C16H21N2O3+. The first-order chi connectivity index (χ1) is 10.0. The topological polar surface area (TPSA) is 66.3 Å². The highest BCUT2D eigenvalue weighted by Crippen LogP contribution is 2.33. The van der Waals surface area contributed by atoms with Crippen molar-refractivity contribution in [3.8, 4) is 5.75 Å². The Balaban J connectivity index is 3.27. The summed E-state index contributed by atoms with van der Waals surface area (Å²) in [6, 6.07) is 3.19. The van der Waals surface area contributed by atoms with Crippen molar-refractivity contribution in [1.82, 2.24) is 0 Å². The highest BCUT2D eigenvalue weighted by molar-refractivity contribution is 5.87. The van der Waals surface area contributed by atoms with Crippen LogP contribution in [0, 0.1) is 17.0 Å². The van der Waals surface area contributed by atoms with Gasteiger partial charge in [-0.2, -0.15) is 0 Å². The van der Waals surface area contributed by atoms with Gasteiger partial charge in [-0.1, -0.05) is 19.6 Å². The number of nitro benzene ring substituents is 1. The third-order valence-electron chi connectivity index (χ3n) is 3.03. The zero-order valence-corrected chi connectivity index (χ0v) is 12.7. The van der Waals surface area contributed by atoms with Crippen LogP contribution in [-0.2, 0) is 0 Å². The Bertz CT molecular complexity index is 589. The van der Waals surface area contributed by atoms with Gasteiger partial charge in [0.1, 0.15) is 6.54 Å². The maximum Gasteiger partial charge on any atom is 0.311 e. The van der Waals surface area contributed by atoms with Gasteiger partial charge in [0, 0.05) is 18.6 Å². The Kier molecular flexibility index (Phi) is 6.33. The SMILES string of the molecule is C=C/C(=C\C=[NH+]CCC)c1cc(OC)c([N+](=O)[O-])cc1C.